The molecule has 0 saturated heterocycles. The molecule has 0 radical (unpaired) electrons. The van der Waals surface area contributed by atoms with Crippen LogP contribution in [0, 0.1) is 0 Å². The highest BCUT2D eigenvalue weighted by atomic mass is 79.9. The maximum atomic E-state index is 12.8. The van der Waals surface area contributed by atoms with E-state index in [1.54, 1.807) is 13.2 Å². The minimum Gasteiger partial charge on any atom is -0.497 e. The quantitative estimate of drug-likeness (QED) is 0.254. The standard InChI is InChI=1S/C27H28BrN3O3/c1-19(29-27(32)20-8-7-9-21(28)18-20)26-30-24-10-3-4-11-25(24)31(26)16-5-6-17-34-23-14-12-22(33-2)13-15-23/h3-4,7-15,18-19H,5-6,16-17H2,1-2H3,(H,29,32). The van der Waals surface area contributed by atoms with Gasteiger partial charge in [0.15, 0.2) is 0 Å². The molecule has 1 amide bonds. The Morgan fingerprint density at radius 1 is 1.03 bits per heavy atom. The van der Waals surface area contributed by atoms with Crippen LogP contribution in [0.3, 0.4) is 0 Å². The monoisotopic (exact) mass is 521 g/mol. The number of ether oxygens (including phenoxy) is 2. The number of halogens is 1. The van der Waals surface area contributed by atoms with Gasteiger partial charge in [-0.2, -0.15) is 0 Å². The Morgan fingerprint density at radius 2 is 1.79 bits per heavy atom. The summed E-state index contributed by atoms with van der Waals surface area (Å²) in [5, 5.41) is 3.10. The van der Waals surface area contributed by atoms with Crippen LogP contribution in [0.15, 0.2) is 77.3 Å². The molecule has 0 bridgehead atoms. The van der Waals surface area contributed by atoms with Gasteiger partial charge in [0.1, 0.15) is 17.3 Å². The number of carbonyl (C=O) groups is 1. The molecule has 34 heavy (non-hydrogen) atoms. The minimum atomic E-state index is -0.241. The molecule has 1 unspecified atom stereocenters. The van der Waals surface area contributed by atoms with Crippen molar-refractivity contribution >= 4 is 32.9 Å². The predicted octanol–water partition coefficient (Wildman–Crippen LogP) is 6.16. The third-order valence-electron chi connectivity index (χ3n) is 5.61. The van der Waals surface area contributed by atoms with E-state index in [0.717, 1.165) is 52.2 Å². The number of fused-ring (bicyclic) bond motifs is 1. The summed E-state index contributed by atoms with van der Waals surface area (Å²) in [6.45, 7) is 3.39. The highest BCUT2D eigenvalue weighted by Crippen LogP contribution is 2.23. The van der Waals surface area contributed by atoms with E-state index in [4.69, 9.17) is 14.5 Å². The third-order valence-corrected chi connectivity index (χ3v) is 6.10. The number of imidazole rings is 1. The van der Waals surface area contributed by atoms with Gasteiger partial charge in [0, 0.05) is 16.6 Å². The fourth-order valence-electron chi connectivity index (χ4n) is 3.87. The Bertz CT molecular complexity index is 1250. The van der Waals surface area contributed by atoms with Gasteiger partial charge in [0.2, 0.25) is 0 Å². The van der Waals surface area contributed by atoms with Crippen molar-refractivity contribution in [2.24, 2.45) is 0 Å². The van der Waals surface area contributed by atoms with Crippen molar-refractivity contribution in [2.45, 2.75) is 32.4 Å². The van der Waals surface area contributed by atoms with E-state index in [0.29, 0.717) is 12.2 Å². The van der Waals surface area contributed by atoms with Gasteiger partial charge in [-0.25, -0.2) is 4.98 Å². The summed E-state index contributed by atoms with van der Waals surface area (Å²) in [6.07, 6.45) is 1.83. The molecule has 1 atom stereocenters. The zero-order valence-corrected chi connectivity index (χ0v) is 20.9. The predicted molar refractivity (Wildman–Crippen MR) is 137 cm³/mol. The highest BCUT2D eigenvalue weighted by molar-refractivity contribution is 9.10. The van der Waals surface area contributed by atoms with Crippen molar-refractivity contribution in [1.29, 1.82) is 0 Å². The summed E-state index contributed by atoms with van der Waals surface area (Å²) in [6, 6.07) is 22.8. The van der Waals surface area contributed by atoms with Gasteiger partial charge in [0.25, 0.3) is 5.91 Å². The highest BCUT2D eigenvalue weighted by Gasteiger charge is 2.19. The molecule has 1 N–H and O–H groups in total. The lowest BCUT2D eigenvalue weighted by Crippen LogP contribution is -2.28. The molecule has 176 valence electrons. The lowest BCUT2D eigenvalue weighted by atomic mass is 10.2. The number of hydrogen-bond acceptors (Lipinski definition) is 4. The topological polar surface area (TPSA) is 65.4 Å². The molecule has 0 saturated carbocycles. The van der Waals surface area contributed by atoms with E-state index < -0.39 is 0 Å². The minimum absolute atomic E-state index is 0.125. The number of amides is 1. The number of rotatable bonds is 10. The molecule has 4 aromatic rings. The number of nitrogens with zero attached hydrogens (tertiary/aromatic N) is 2. The van der Waals surface area contributed by atoms with Crippen LogP contribution in [-0.4, -0.2) is 29.2 Å². The summed E-state index contributed by atoms with van der Waals surface area (Å²) in [5.74, 6) is 2.37. The average molecular weight is 522 g/mol. The molecule has 0 fully saturated rings. The second-order valence-corrected chi connectivity index (χ2v) is 8.96. The Hall–Kier alpha value is -3.32. The molecule has 0 aliphatic heterocycles. The van der Waals surface area contributed by atoms with Gasteiger partial charge in [-0.15, -0.1) is 0 Å². The van der Waals surface area contributed by atoms with Crippen LogP contribution in [-0.2, 0) is 6.54 Å². The van der Waals surface area contributed by atoms with Gasteiger partial charge in [-0.05, 0) is 74.4 Å². The number of para-hydroxylation sites is 2. The number of benzene rings is 3. The number of aromatic nitrogens is 2. The maximum absolute atomic E-state index is 12.8. The first-order valence-electron chi connectivity index (χ1n) is 11.3. The van der Waals surface area contributed by atoms with E-state index in [2.05, 4.69) is 31.9 Å². The fraction of sp³-hybridized carbons (Fsp3) is 0.259. The number of methoxy groups -OCH3 is 1. The van der Waals surface area contributed by atoms with Crippen molar-refractivity contribution in [3.8, 4) is 11.5 Å². The Labute approximate surface area is 208 Å². The average Bonchev–Trinajstić information content (AvgIpc) is 3.23. The molecular formula is C27H28BrN3O3. The summed E-state index contributed by atoms with van der Waals surface area (Å²) in [5.41, 5.74) is 2.60. The van der Waals surface area contributed by atoms with Crippen molar-refractivity contribution in [1.82, 2.24) is 14.9 Å². The number of unbranched alkanes of at least 4 members (excludes halogenated alkanes) is 1. The van der Waals surface area contributed by atoms with Crippen LogP contribution in [0.2, 0.25) is 0 Å². The Balaban J connectivity index is 1.40. The smallest absolute Gasteiger partial charge is 0.251 e. The largest absolute Gasteiger partial charge is 0.497 e. The molecular weight excluding hydrogens is 494 g/mol. The molecule has 1 heterocycles. The van der Waals surface area contributed by atoms with Crippen molar-refractivity contribution < 1.29 is 14.3 Å². The van der Waals surface area contributed by atoms with Gasteiger partial charge in [-0.1, -0.05) is 34.1 Å². The van der Waals surface area contributed by atoms with Crippen LogP contribution in [0.25, 0.3) is 11.0 Å². The van der Waals surface area contributed by atoms with Gasteiger partial charge < -0.3 is 19.4 Å². The second-order valence-electron chi connectivity index (χ2n) is 8.05. The van der Waals surface area contributed by atoms with Crippen LogP contribution < -0.4 is 14.8 Å². The van der Waals surface area contributed by atoms with Crippen molar-refractivity contribution in [3.63, 3.8) is 0 Å². The summed E-state index contributed by atoms with van der Waals surface area (Å²) >= 11 is 3.43. The van der Waals surface area contributed by atoms with Crippen LogP contribution in [0.4, 0.5) is 0 Å². The molecule has 4 rings (SSSR count). The van der Waals surface area contributed by atoms with E-state index in [1.807, 2.05) is 67.6 Å². The SMILES string of the molecule is COc1ccc(OCCCCn2c(C(C)NC(=O)c3cccc(Br)c3)nc3ccccc32)cc1. The first-order valence-corrected chi connectivity index (χ1v) is 12.1. The first kappa shape index (κ1) is 23.8. The lowest BCUT2D eigenvalue weighted by molar-refractivity contribution is 0.0937. The van der Waals surface area contributed by atoms with Crippen LogP contribution in [0.1, 0.15) is 42.0 Å². The molecule has 0 spiro atoms. The lowest BCUT2D eigenvalue weighted by Gasteiger charge is -2.17. The fourth-order valence-corrected chi connectivity index (χ4v) is 4.27. The van der Waals surface area contributed by atoms with E-state index in [-0.39, 0.29) is 11.9 Å². The molecule has 0 aliphatic carbocycles. The molecule has 7 heteroatoms. The van der Waals surface area contributed by atoms with Crippen molar-refractivity contribution in [2.75, 3.05) is 13.7 Å². The zero-order valence-electron chi connectivity index (χ0n) is 19.3. The second kappa shape index (κ2) is 11.2. The van der Waals surface area contributed by atoms with Crippen molar-refractivity contribution in [3.05, 3.63) is 88.7 Å². The Kier molecular flexibility index (Phi) is 7.85. The van der Waals surface area contributed by atoms with Gasteiger partial charge >= 0.3 is 0 Å². The molecule has 1 aromatic heterocycles. The van der Waals surface area contributed by atoms with Crippen LogP contribution >= 0.6 is 15.9 Å². The van der Waals surface area contributed by atoms with E-state index in [1.165, 1.54) is 0 Å². The molecule has 0 aliphatic rings. The number of aryl methyl sites for hydroxylation is 1. The normalized spacial score (nSPS) is 11.9. The van der Waals surface area contributed by atoms with E-state index >= 15 is 0 Å². The summed E-state index contributed by atoms with van der Waals surface area (Å²) < 4.78 is 14.1. The number of carbonyl (C=O) groups excluding carboxylic acids is 1. The van der Waals surface area contributed by atoms with Gasteiger partial charge in [0.05, 0.1) is 30.8 Å². The third kappa shape index (κ3) is 5.78. The van der Waals surface area contributed by atoms with E-state index in [9.17, 15) is 4.79 Å². The maximum Gasteiger partial charge on any atom is 0.251 e. The molecule has 6 nitrogen and oxygen atoms in total. The number of hydrogen-bond donors (Lipinski definition) is 1. The van der Waals surface area contributed by atoms with Gasteiger partial charge in [-0.3, -0.25) is 4.79 Å². The van der Waals surface area contributed by atoms with Crippen LogP contribution in [0.5, 0.6) is 11.5 Å². The zero-order chi connectivity index (χ0) is 23.9. The Morgan fingerprint density at radius 3 is 2.56 bits per heavy atom. The first-order chi connectivity index (χ1) is 16.5. The number of nitrogens with one attached hydrogen (secondary N) is 1. The molecule has 3 aromatic carbocycles. The summed E-state index contributed by atoms with van der Waals surface area (Å²) in [7, 11) is 1.65. The summed E-state index contributed by atoms with van der Waals surface area (Å²) in [4.78, 5) is 17.6.